The summed E-state index contributed by atoms with van der Waals surface area (Å²) < 4.78 is 11.1. The molecule has 1 fully saturated rings. The van der Waals surface area contributed by atoms with Crippen LogP contribution < -0.4 is 9.47 Å². The first-order valence-electron chi connectivity index (χ1n) is 11.9. The number of carbonyl (C=O) groups is 2. The summed E-state index contributed by atoms with van der Waals surface area (Å²) in [5, 5.41) is 20.6. The van der Waals surface area contributed by atoms with Crippen LogP contribution in [0.4, 0.5) is 0 Å². The van der Waals surface area contributed by atoms with Crippen LogP contribution in [-0.4, -0.2) is 53.7 Å². The summed E-state index contributed by atoms with van der Waals surface area (Å²) in [6.07, 6.45) is 1.56. The van der Waals surface area contributed by atoms with Crippen molar-refractivity contribution < 1.29 is 29.3 Å². The van der Waals surface area contributed by atoms with E-state index in [1.807, 2.05) is 19.1 Å². The summed E-state index contributed by atoms with van der Waals surface area (Å²) in [4.78, 5) is 27.9. The summed E-state index contributed by atoms with van der Waals surface area (Å²) in [5.41, 5.74) is 1.78. The topological polar surface area (TPSA) is 96.3 Å². The van der Waals surface area contributed by atoms with E-state index in [2.05, 4.69) is 20.8 Å². The number of aliphatic hydroxyl groups excluding tert-OH is 2. The number of rotatable bonds is 9. The van der Waals surface area contributed by atoms with Crippen molar-refractivity contribution in [2.24, 2.45) is 0 Å². The van der Waals surface area contributed by atoms with Crippen LogP contribution in [-0.2, 0) is 15.0 Å². The SMILES string of the molecule is CCCCN1C(=O)C(=O)/C(=C(/O)c2cc(C(C)(C)C)ccc2OC)C1c1cccc(OCCO)c1. The van der Waals surface area contributed by atoms with Gasteiger partial charge in [-0.2, -0.15) is 0 Å². The second-order valence-electron chi connectivity index (χ2n) is 9.66. The van der Waals surface area contributed by atoms with Gasteiger partial charge < -0.3 is 24.6 Å². The highest BCUT2D eigenvalue weighted by molar-refractivity contribution is 6.46. The monoisotopic (exact) mass is 481 g/mol. The van der Waals surface area contributed by atoms with Crippen LogP contribution in [0, 0.1) is 0 Å². The van der Waals surface area contributed by atoms with E-state index in [9.17, 15) is 14.7 Å². The molecule has 1 heterocycles. The third-order valence-electron chi connectivity index (χ3n) is 6.15. The maximum absolute atomic E-state index is 13.3. The Morgan fingerprint density at radius 3 is 2.49 bits per heavy atom. The van der Waals surface area contributed by atoms with Crippen molar-refractivity contribution in [3.05, 3.63) is 64.7 Å². The van der Waals surface area contributed by atoms with E-state index < -0.39 is 17.7 Å². The van der Waals surface area contributed by atoms with Crippen LogP contribution >= 0.6 is 0 Å². The number of unbranched alkanes of at least 4 members (excludes halogenated alkanes) is 1. The molecule has 0 aliphatic carbocycles. The number of hydrogen-bond acceptors (Lipinski definition) is 6. The standard InChI is InChI=1S/C28H35NO6/c1-6-7-13-29-24(18-9-8-10-20(16-18)35-15-14-30)23(26(32)27(29)33)25(31)21-17-19(28(2,3)4)11-12-22(21)34-5/h8-12,16-17,24,30-31H,6-7,13-15H2,1-5H3/b25-23+. The minimum Gasteiger partial charge on any atom is -0.507 e. The van der Waals surface area contributed by atoms with Crippen LogP contribution in [0.1, 0.15) is 63.3 Å². The van der Waals surface area contributed by atoms with Gasteiger partial charge in [0.25, 0.3) is 11.7 Å². The third-order valence-corrected chi connectivity index (χ3v) is 6.15. The molecule has 3 rings (SSSR count). The Balaban J connectivity index is 2.23. The number of ketones is 1. The number of carbonyl (C=O) groups excluding carboxylic acids is 2. The van der Waals surface area contributed by atoms with Crippen molar-refractivity contribution >= 4 is 17.4 Å². The van der Waals surface area contributed by atoms with Crippen LogP contribution in [0.5, 0.6) is 11.5 Å². The molecule has 1 amide bonds. The van der Waals surface area contributed by atoms with Gasteiger partial charge in [-0.05, 0) is 47.2 Å². The molecule has 1 saturated heterocycles. The Labute approximate surface area is 207 Å². The van der Waals surface area contributed by atoms with E-state index in [0.717, 1.165) is 12.0 Å². The highest BCUT2D eigenvalue weighted by atomic mass is 16.5. The van der Waals surface area contributed by atoms with Gasteiger partial charge in [0.2, 0.25) is 0 Å². The van der Waals surface area contributed by atoms with E-state index in [-0.39, 0.29) is 30.0 Å². The number of nitrogens with zero attached hydrogens (tertiary/aromatic N) is 1. The molecule has 1 aliphatic rings. The van der Waals surface area contributed by atoms with Gasteiger partial charge in [0, 0.05) is 6.54 Å². The lowest BCUT2D eigenvalue weighted by Crippen LogP contribution is -2.30. The van der Waals surface area contributed by atoms with Gasteiger partial charge in [-0.25, -0.2) is 0 Å². The molecular weight excluding hydrogens is 446 g/mol. The number of methoxy groups -OCH3 is 1. The zero-order valence-corrected chi connectivity index (χ0v) is 21.1. The van der Waals surface area contributed by atoms with Crippen molar-refractivity contribution in [2.45, 2.75) is 52.0 Å². The Bertz CT molecular complexity index is 1110. The van der Waals surface area contributed by atoms with E-state index in [1.165, 1.54) is 12.0 Å². The van der Waals surface area contributed by atoms with Crippen molar-refractivity contribution in [1.82, 2.24) is 4.90 Å². The second kappa shape index (κ2) is 11.0. The number of Topliss-reactive ketones (excluding diaryl/α,β-unsaturated/α-hetero) is 1. The number of aliphatic hydroxyl groups is 2. The number of benzene rings is 2. The quantitative estimate of drug-likeness (QED) is 0.309. The van der Waals surface area contributed by atoms with E-state index in [1.54, 1.807) is 30.3 Å². The number of likely N-dealkylation sites (tertiary alicyclic amines) is 1. The molecule has 188 valence electrons. The zero-order chi connectivity index (χ0) is 25.8. The molecule has 0 aromatic heterocycles. The fraction of sp³-hybridized carbons (Fsp3) is 0.429. The maximum Gasteiger partial charge on any atom is 0.295 e. The van der Waals surface area contributed by atoms with Crippen LogP contribution in [0.3, 0.4) is 0 Å². The molecule has 1 aliphatic heterocycles. The maximum atomic E-state index is 13.3. The fourth-order valence-electron chi connectivity index (χ4n) is 4.23. The predicted octanol–water partition coefficient (Wildman–Crippen LogP) is 4.59. The molecule has 35 heavy (non-hydrogen) atoms. The molecule has 1 unspecified atom stereocenters. The van der Waals surface area contributed by atoms with Gasteiger partial charge in [-0.15, -0.1) is 0 Å². The van der Waals surface area contributed by atoms with Gasteiger partial charge in [-0.1, -0.05) is 52.3 Å². The average Bonchev–Trinajstić information content (AvgIpc) is 3.09. The molecule has 0 bridgehead atoms. The smallest absolute Gasteiger partial charge is 0.295 e. The number of ether oxygens (including phenoxy) is 2. The second-order valence-corrected chi connectivity index (χ2v) is 9.66. The van der Waals surface area contributed by atoms with Gasteiger partial charge in [0.05, 0.1) is 30.9 Å². The Morgan fingerprint density at radius 2 is 1.86 bits per heavy atom. The molecule has 1 atom stereocenters. The van der Waals surface area contributed by atoms with Crippen molar-refractivity contribution in [1.29, 1.82) is 0 Å². The highest BCUT2D eigenvalue weighted by Crippen LogP contribution is 2.42. The molecule has 2 aromatic rings. The minimum atomic E-state index is -0.776. The summed E-state index contributed by atoms with van der Waals surface area (Å²) in [6.45, 7) is 8.54. The minimum absolute atomic E-state index is 0.0229. The molecule has 2 N–H and O–H groups in total. The third kappa shape index (κ3) is 5.51. The van der Waals surface area contributed by atoms with Gasteiger partial charge in [-0.3, -0.25) is 9.59 Å². The summed E-state index contributed by atoms with van der Waals surface area (Å²) >= 11 is 0. The molecule has 0 saturated carbocycles. The Hall–Kier alpha value is -3.32. The predicted molar refractivity (Wildman–Crippen MR) is 135 cm³/mol. The molecule has 7 nitrogen and oxygen atoms in total. The van der Waals surface area contributed by atoms with Crippen LogP contribution in [0.2, 0.25) is 0 Å². The molecule has 7 heteroatoms. The fourth-order valence-corrected chi connectivity index (χ4v) is 4.23. The van der Waals surface area contributed by atoms with E-state index in [4.69, 9.17) is 14.6 Å². The average molecular weight is 482 g/mol. The zero-order valence-electron chi connectivity index (χ0n) is 21.1. The Kier molecular flexibility index (Phi) is 8.22. The van der Waals surface area contributed by atoms with E-state index in [0.29, 0.717) is 35.6 Å². The van der Waals surface area contributed by atoms with Crippen molar-refractivity contribution in [3.8, 4) is 11.5 Å². The Morgan fingerprint density at radius 1 is 1.11 bits per heavy atom. The molecular formula is C28H35NO6. The van der Waals surface area contributed by atoms with Gasteiger partial charge >= 0.3 is 0 Å². The first-order chi connectivity index (χ1) is 16.6. The van der Waals surface area contributed by atoms with Crippen LogP contribution in [0.15, 0.2) is 48.0 Å². The van der Waals surface area contributed by atoms with Gasteiger partial charge in [0.1, 0.15) is 23.9 Å². The summed E-state index contributed by atoms with van der Waals surface area (Å²) in [7, 11) is 1.50. The highest BCUT2D eigenvalue weighted by Gasteiger charge is 2.46. The lowest BCUT2D eigenvalue weighted by atomic mass is 9.85. The largest absolute Gasteiger partial charge is 0.507 e. The summed E-state index contributed by atoms with van der Waals surface area (Å²) in [6, 6.07) is 11.8. The lowest BCUT2D eigenvalue weighted by Gasteiger charge is -2.26. The molecule has 0 spiro atoms. The molecule has 2 aromatic carbocycles. The number of amides is 1. The van der Waals surface area contributed by atoms with Crippen molar-refractivity contribution in [3.63, 3.8) is 0 Å². The van der Waals surface area contributed by atoms with E-state index >= 15 is 0 Å². The van der Waals surface area contributed by atoms with Crippen molar-refractivity contribution in [2.75, 3.05) is 26.9 Å². The first kappa shape index (κ1) is 26.3. The normalized spacial score (nSPS) is 17.7. The van der Waals surface area contributed by atoms with Crippen LogP contribution in [0.25, 0.3) is 5.76 Å². The first-order valence-corrected chi connectivity index (χ1v) is 11.9. The summed E-state index contributed by atoms with van der Waals surface area (Å²) in [5.74, 6) is -0.720. The lowest BCUT2D eigenvalue weighted by molar-refractivity contribution is -0.139. The molecule has 0 radical (unpaired) electrons. The number of hydrogen-bond donors (Lipinski definition) is 2. The van der Waals surface area contributed by atoms with Gasteiger partial charge in [0.15, 0.2) is 0 Å².